The molecule has 1 heterocycles. The Balaban J connectivity index is 1.71. The molecule has 1 aliphatic heterocycles. The fourth-order valence-corrected chi connectivity index (χ4v) is 4.01. The van der Waals surface area contributed by atoms with Crippen LogP contribution >= 0.6 is 0 Å². The molecule has 1 aliphatic carbocycles. The van der Waals surface area contributed by atoms with Crippen LogP contribution in [0.3, 0.4) is 0 Å². The first-order valence-corrected chi connectivity index (χ1v) is 9.48. The van der Waals surface area contributed by atoms with Gasteiger partial charge in [0.15, 0.2) is 0 Å². The van der Waals surface area contributed by atoms with E-state index < -0.39 is 5.91 Å². The van der Waals surface area contributed by atoms with E-state index in [1.807, 2.05) is 30.9 Å². The van der Waals surface area contributed by atoms with Gasteiger partial charge in [0.2, 0.25) is 5.91 Å². The number of carbonyl (C=O) groups excluding carboxylic acids is 1. The molecule has 1 aromatic carbocycles. The van der Waals surface area contributed by atoms with Crippen molar-refractivity contribution in [1.82, 2.24) is 9.80 Å². The molecule has 0 spiro atoms. The minimum atomic E-state index is -1.96. The molecule has 0 bridgehead atoms. The highest BCUT2D eigenvalue weighted by Crippen LogP contribution is 2.33. The lowest BCUT2D eigenvalue weighted by Gasteiger charge is -2.42. The van der Waals surface area contributed by atoms with Gasteiger partial charge in [-0.15, -0.1) is 0 Å². The molecule has 1 amide bonds. The molecular weight excluding hydrogens is 316 g/mol. The molecule has 2 N–H and O–H groups in total. The van der Waals surface area contributed by atoms with Crippen molar-refractivity contribution in [2.45, 2.75) is 51.9 Å². The van der Waals surface area contributed by atoms with Gasteiger partial charge in [-0.25, -0.2) is 4.90 Å². The number of fused-ring (bicyclic) bond motifs is 1. The zero-order valence-corrected chi connectivity index (χ0v) is 15.4. The monoisotopic (exact) mass is 346 g/mol. The Morgan fingerprint density at radius 2 is 1.80 bits per heavy atom. The number of rotatable bonds is 4. The van der Waals surface area contributed by atoms with Crippen molar-refractivity contribution in [3.05, 3.63) is 34.9 Å². The second-order valence-corrected chi connectivity index (χ2v) is 7.75. The average molecular weight is 346 g/mol. The lowest BCUT2D eigenvalue weighted by Crippen LogP contribution is -2.57. The molecular formula is C20H30N2O3. The summed E-state index contributed by atoms with van der Waals surface area (Å²) in [6.45, 7) is 6.12. The Labute approximate surface area is 150 Å². The number of hydrogen-bond acceptors (Lipinski definition) is 4. The maximum absolute atomic E-state index is 12.2. The van der Waals surface area contributed by atoms with Crippen molar-refractivity contribution < 1.29 is 15.0 Å². The van der Waals surface area contributed by atoms with Crippen LogP contribution in [0.1, 0.15) is 49.8 Å². The van der Waals surface area contributed by atoms with Crippen LogP contribution in [0.4, 0.5) is 0 Å². The molecule has 138 valence electrons. The molecule has 5 heteroatoms. The zero-order valence-electron chi connectivity index (χ0n) is 15.4. The smallest absolute Gasteiger partial charge is 0.253 e. The van der Waals surface area contributed by atoms with Crippen LogP contribution < -0.4 is 0 Å². The first kappa shape index (κ1) is 18.4. The largest absolute Gasteiger partial charge is 0.349 e. The molecule has 1 aromatic rings. The van der Waals surface area contributed by atoms with Crippen LogP contribution in [-0.2, 0) is 23.5 Å². The summed E-state index contributed by atoms with van der Waals surface area (Å²) >= 11 is 0. The van der Waals surface area contributed by atoms with E-state index in [2.05, 4.69) is 6.07 Å². The lowest BCUT2D eigenvalue weighted by molar-refractivity contribution is -0.281. The highest BCUT2D eigenvalue weighted by Gasteiger charge is 2.39. The molecule has 2 aliphatic rings. The minimum absolute atomic E-state index is 0.160. The van der Waals surface area contributed by atoms with E-state index >= 15 is 0 Å². The van der Waals surface area contributed by atoms with Gasteiger partial charge in [0.05, 0.1) is 0 Å². The van der Waals surface area contributed by atoms with Gasteiger partial charge in [0.1, 0.15) is 0 Å². The van der Waals surface area contributed by atoms with Gasteiger partial charge in [0, 0.05) is 38.2 Å². The average Bonchev–Trinajstić information content (AvgIpc) is 2.60. The SMILES string of the molecule is CC(C)CC(=O)N1CCN(C(O)(O)c2cccc3c2CCCC3)CC1. The van der Waals surface area contributed by atoms with E-state index in [0.29, 0.717) is 44.1 Å². The summed E-state index contributed by atoms with van der Waals surface area (Å²) in [5.74, 6) is -1.46. The fourth-order valence-electron chi connectivity index (χ4n) is 4.01. The van der Waals surface area contributed by atoms with E-state index in [4.69, 9.17) is 0 Å². The first-order valence-electron chi connectivity index (χ1n) is 9.48. The summed E-state index contributed by atoms with van der Waals surface area (Å²) in [7, 11) is 0. The first-order chi connectivity index (χ1) is 11.9. The third-order valence-electron chi connectivity index (χ3n) is 5.41. The lowest BCUT2D eigenvalue weighted by atomic mass is 9.86. The van der Waals surface area contributed by atoms with Gasteiger partial charge in [0.25, 0.3) is 5.91 Å². The van der Waals surface area contributed by atoms with Gasteiger partial charge >= 0.3 is 0 Å². The molecule has 0 radical (unpaired) electrons. The Bertz CT molecular complexity index is 619. The van der Waals surface area contributed by atoms with E-state index in [0.717, 1.165) is 31.2 Å². The van der Waals surface area contributed by atoms with Gasteiger partial charge in [-0.3, -0.25) is 4.79 Å². The minimum Gasteiger partial charge on any atom is -0.349 e. The summed E-state index contributed by atoms with van der Waals surface area (Å²) in [4.78, 5) is 15.7. The van der Waals surface area contributed by atoms with Crippen molar-refractivity contribution in [3.8, 4) is 0 Å². The van der Waals surface area contributed by atoms with E-state index in [-0.39, 0.29) is 5.91 Å². The van der Waals surface area contributed by atoms with Crippen molar-refractivity contribution in [3.63, 3.8) is 0 Å². The number of piperazine rings is 1. The van der Waals surface area contributed by atoms with Crippen molar-refractivity contribution in [1.29, 1.82) is 0 Å². The molecule has 1 fully saturated rings. The maximum Gasteiger partial charge on any atom is 0.253 e. The van der Waals surface area contributed by atoms with Crippen molar-refractivity contribution in [2.75, 3.05) is 26.2 Å². The van der Waals surface area contributed by atoms with Crippen molar-refractivity contribution >= 4 is 5.91 Å². The van der Waals surface area contributed by atoms with Crippen LogP contribution in [0.2, 0.25) is 0 Å². The van der Waals surface area contributed by atoms with Crippen LogP contribution in [0.25, 0.3) is 0 Å². The van der Waals surface area contributed by atoms with Crippen LogP contribution in [-0.4, -0.2) is 52.1 Å². The standard InChI is InChI=1S/C20H30N2O3/c1-15(2)14-19(23)21-10-12-22(13-11-21)20(24,25)18-9-5-7-16-6-3-4-8-17(16)18/h5,7,9,15,24-25H,3-4,6,8,10-14H2,1-2H3. The number of hydrogen-bond donors (Lipinski definition) is 2. The summed E-state index contributed by atoms with van der Waals surface area (Å²) < 4.78 is 0. The Morgan fingerprint density at radius 1 is 1.12 bits per heavy atom. The van der Waals surface area contributed by atoms with E-state index in [1.54, 1.807) is 4.90 Å². The summed E-state index contributed by atoms with van der Waals surface area (Å²) in [5, 5.41) is 21.8. The Hall–Kier alpha value is -1.43. The van der Waals surface area contributed by atoms with Crippen LogP contribution in [0, 0.1) is 5.92 Å². The van der Waals surface area contributed by atoms with Gasteiger partial charge < -0.3 is 15.1 Å². The number of aryl methyl sites for hydroxylation is 1. The molecule has 1 saturated heterocycles. The quantitative estimate of drug-likeness (QED) is 0.817. The molecule has 3 rings (SSSR count). The normalized spacial score (nSPS) is 19.2. The van der Waals surface area contributed by atoms with Gasteiger partial charge in [-0.05, 0) is 42.7 Å². The number of amides is 1. The fraction of sp³-hybridized carbons (Fsp3) is 0.650. The van der Waals surface area contributed by atoms with Crippen molar-refractivity contribution in [2.24, 2.45) is 5.92 Å². The molecule has 5 nitrogen and oxygen atoms in total. The second-order valence-electron chi connectivity index (χ2n) is 7.75. The van der Waals surface area contributed by atoms with Gasteiger partial charge in [-0.2, -0.15) is 0 Å². The number of benzene rings is 1. The highest BCUT2D eigenvalue weighted by atomic mass is 16.5. The summed E-state index contributed by atoms with van der Waals surface area (Å²) in [6, 6.07) is 5.85. The number of aliphatic hydroxyl groups is 2. The predicted molar refractivity (Wildman–Crippen MR) is 96.8 cm³/mol. The van der Waals surface area contributed by atoms with Gasteiger partial charge in [-0.1, -0.05) is 32.0 Å². The Morgan fingerprint density at radius 3 is 2.48 bits per heavy atom. The maximum atomic E-state index is 12.2. The van der Waals surface area contributed by atoms with Crippen LogP contribution in [0.15, 0.2) is 18.2 Å². The number of carbonyl (C=O) groups is 1. The topological polar surface area (TPSA) is 64.0 Å². The third kappa shape index (κ3) is 3.89. The molecule has 25 heavy (non-hydrogen) atoms. The molecule has 0 unspecified atom stereocenters. The van der Waals surface area contributed by atoms with E-state index in [1.165, 1.54) is 5.56 Å². The highest BCUT2D eigenvalue weighted by molar-refractivity contribution is 5.76. The predicted octanol–water partition coefficient (Wildman–Crippen LogP) is 1.85. The summed E-state index contributed by atoms with van der Waals surface area (Å²) in [5.41, 5.74) is 2.95. The van der Waals surface area contributed by atoms with E-state index in [9.17, 15) is 15.0 Å². The second kappa shape index (κ2) is 7.44. The molecule has 0 saturated carbocycles. The number of nitrogens with zero attached hydrogens (tertiary/aromatic N) is 2. The molecule has 0 aromatic heterocycles. The molecule has 0 atom stereocenters. The zero-order chi connectivity index (χ0) is 18.0. The Kier molecular flexibility index (Phi) is 5.46. The summed E-state index contributed by atoms with van der Waals surface area (Å²) in [6.07, 6.45) is 4.72. The third-order valence-corrected chi connectivity index (χ3v) is 5.41. The van der Waals surface area contributed by atoms with Crippen LogP contribution in [0.5, 0.6) is 0 Å².